The van der Waals surface area contributed by atoms with Gasteiger partial charge in [-0.2, -0.15) is 0 Å². The van der Waals surface area contributed by atoms with Crippen LogP contribution in [-0.2, 0) is 11.3 Å². The van der Waals surface area contributed by atoms with Crippen molar-refractivity contribution in [3.63, 3.8) is 0 Å². The van der Waals surface area contributed by atoms with E-state index in [1.165, 1.54) is 24.0 Å². The second-order valence-corrected chi connectivity index (χ2v) is 4.40. The van der Waals surface area contributed by atoms with Crippen LogP contribution >= 0.6 is 0 Å². The fraction of sp³-hybridized carbons (Fsp3) is 0.538. The number of ether oxygens (including phenoxy) is 1. The van der Waals surface area contributed by atoms with Crippen molar-refractivity contribution in [2.24, 2.45) is 5.73 Å². The van der Waals surface area contributed by atoms with Gasteiger partial charge in [-0.3, -0.25) is 0 Å². The third-order valence-electron chi connectivity index (χ3n) is 2.94. The summed E-state index contributed by atoms with van der Waals surface area (Å²) in [7, 11) is 1.71. The molecule has 1 aliphatic carbocycles. The lowest BCUT2D eigenvalue weighted by molar-refractivity contribution is 0.185. The van der Waals surface area contributed by atoms with Gasteiger partial charge in [0.15, 0.2) is 0 Å². The quantitative estimate of drug-likeness (QED) is 0.765. The van der Waals surface area contributed by atoms with Crippen molar-refractivity contribution in [3.05, 3.63) is 35.4 Å². The van der Waals surface area contributed by atoms with Crippen LogP contribution in [0, 0.1) is 0 Å². The van der Waals surface area contributed by atoms with Gasteiger partial charge >= 0.3 is 0 Å². The molecule has 1 atom stereocenters. The van der Waals surface area contributed by atoms with Crippen LogP contribution in [0.1, 0.15) is 30.0 Å². The maximum absolute atomic E-state index is 5.79. The first-order valence-corrected chi connectivity index (χ1v) is 5.87. The second kappa shape index (κ2) is 5.43. The Hall–Kier alpha value is -0.900. The molecule has 88 valence electrons. The predicted molar refractivity (Wildman–Crippen MR) is 65.1 cm³/mol. The van der Waals surface area contributed by atoms with Crippen molar-refractivity contribution in [2.75, 3.05) is 13.7 Å². The van der Waals surface area contributed by atoms with Crippen LogP contribution in [0.3, 0.4) is 0 Å². The van der Waals surface area contributed by atoms with Crippen LogP contribution in [0.5, 0.6) is 0 Å². The van der Waals surface area contributed by atoms with Gasteiger partial charge in [0.05, 0.1) is 6.61 Å². The van der Waals surface area contributed by atoms with E-state index in [1.54, 1.807) is 7.11 Å². The SMILES string of the molecule is COCc1ccc(C(CN)NC2CC2)cc1. The van der Waals surface area contributed by atoms with Crippen LogP contribution < -0.4 is 11.1 Å². The Morgan fingerprint density at radius 1 is 1.38 bits per heavy atom. The summed E-state index contributed by atoms with van der Waals surface area (Å²) in [6.45, 7) is 1.32. The Kier molecular flexibility index (Phi) is 3.93. The van der Waals surface area contributed by atoms with E-state index in [-0.39, 0.29) is 0 Å². The van der Waals surface area contributed by atoms with Crippen molar-refractivity contribution in [1.29, 1.82) is 0 Å². The van der Waals surface area contributed by atoms with Gasteiger partial charge in [-0.15, -0.1) is 0 Å². The maximum atomic E-state index is 5.79. The van der Waals surface area contributed by atoms with Crippen molar-refractivity contribution < 1.29 is 4.74 Å². The Morgan fingerprint density at radius 3 is 2.56 bits per heavy atom. The number of nitrogens with one attached hydrogen (secondary N) is 1. The molecule has 3 nitrogen and oxygen atoms in total. The normalized spacial score (nSPS) is 17.4. The average Bonchev–Trinajstić information content (AvgIpc) is 3.11. The first-order valence-electron chi connectivity index (χ1n) is 5.87. The van der Waals surface area contributed by atoms with Gasteiger partial charge in [-0.05, 0) is 24.0 Å². The number of hydrogen-bond acceptors (Lipinski definition) is 3. The number of rotatable bonds is 6. The largest absolute Gasteiger partial charge is 0.380 e. The van der Waals surface area contributed by atoms with Gasteiger partial charge in [0, 0.05) is 25.7 Å². The van der Waals surface area contributed by atoms with E-state index >= 15 is 0 Å². The van der Waals surface area contributed by atoms with Crippen LogP contribution in [-0.4, -0.2) is 19.7 Å². The molecule has 0 aliphatic heterocycles. The van der Waals surface area contributed by atoms with Gasteiger partial charge in [0.25, 0.3) is 0 Å². The zero-order valence-electron chi connectivity index (χ0n) is 9.78. The summed E-state index contributed by atoms with van der Waals surface area (Å²) in [5, 5.41) is 3.55. The van der Waals surface area contributed by atoms with E-state index in [0.29, 0.717) is 25.2 Å². The molecule has 0 saturated heterocycles. The van der Waals surface area contributed by atoms with Crippen molar-refractivity contribution >= 4 is 0 Å². The highest BCUT2D eigenvalue weighted by Crippen LogP contribution is 2.23. The highest BCUT2D eigenvalue weighted by atomic mass is 16.5. The number of hydrogen-bond donors (Lipinski definition) is 2. The monoisotopic (exact) mass is 220 g/mol. The molecule has 1 aromatic rings. The lowest BCUT2D eigenvalue weighted by Gasteiger charge is -2.17. The van der Waals surface area contributed by atoms with Crippen LogP contribution in [0.2, 0.25) is 0 Å². The molecule has 1 unspecified atom stereocenters. The molecular formula is C13H20N2O. The van der Waals surface area contributed by atoms with Gasteiger partial charge in [-0.25, -0.2) is 0 Å². The predicted octanol–water partition coefficient (Wildman–Crippen LogP) is 1.58. The fourth-order valence-corrected chi connectivity index (χ4v) is 1.85. The number of nitrogens with two attached hydrogens (primary N) is 1. The minimum atomic E-state index is 0.295. The van der Waals surface area contributed by atoms with Crippen LogP contribution in [0.4, 0.5) is 0 Å². The lowest BCUT2D eigenvalue weighted by Crippen LogP contribution is -2.29. The summed E-state index contributed by atoms with van der Waals surface area (Å²) >= 11 is 0. The molecule has 2 rings (SSSR count). The van der Waals surface area contributed by atoms with Crippen molar-refractivity contribution in [2.45, 2.75) is 31.5 Å². The Morgan fingerprint density at radius 2 is 2.06 bits per heavy atom. The molecule has 0 aromatic heterocycles. The summed E-state index contributed by atoms with van der Waals surface area (Å²) in [5.41, 5.74) is 8.27. The smallest absolute Gasteiger partial charge is 0.0713 e. The van der Waals surface area contributed by atoms with Gasteiger partial charge in [0.2, 0.25) is 0 Å². The average molecular weight is 220 g/mol. The summed E-state index contributed by atoms with van der Waals surface area (Å²) in [5.74, 6) is 0. The zero-order chi connectivity index (χ0) is 11.4. The molecule has 3 N–H and O–H groups in total. The van der Waals surface area contributed by atoms with Gasteiger partial charge < -0.3 is 15.8 Å². The van der Waals surface area contributed by atoms with E-state index < -0.39 is 0 Å². The maximum Gasteiger partial charge on any atom is 0.0713 e. The minimum absolute atomic E-state index is 0.295. The first kappa shape index (κ1) is 11.6. The molecule has 0 amide bonds. The van der Waals surface area contributed by atoms with E-state index in [9.17, 15) is 0 Å². The summed E-state index contributed by atoms with van der Waals surface area (Å²) in [4.78, 5) is 0. The fourth-order valence-electron chi connectivity index (χ4n) is 1.85. The molecule has 0 radical (unpaired) electrons. The number of methoxy groups -OCH3 is 1. The molecular weight excluding hydrogens is 200 g/mol. The van der Waals surface area contributed by atoms with Gasteiger partial charge in [0.1, 0.15) is 0 Å². The van der Waals surface area contributed by atoms with Crippen LogP contribution in [0.25, 0.3) is 0 Å². The van der Waals surface area contributed by atoms with E-state index in [4.69, 9.17) is 10.5 Å². The first-order chi connectivity index (χ1) is 7.83. The highest BCUT2D eigenvalue weighted by molar-refractivity contribution is 5.25. The molecule has 1 saturated carbocycles. The molecule has 1 aromatic carbocycles. The highest BCUT2D eigenvalue weighted by Gasteiger charge is 2.24. The van der Waals surface area contributed by atoms with Crippen molar-refractivity contribution in [3.8, 4) is 0 Å². The molecule has 1 aliphatic rings. The van der Waals surface area contributed by atoms with Crippen LogP contribution in [0.15, 0.2) is 24.3 Å². The molecule has 0 heterocycles. The zero-order valence-corrected chi connectivity index (χ0v) is 9.78. The van der Waals surface area contributed by atoms with E-state index in [0.717, 1.165) is 0 Å². The minimum Gasteiger partial charge on any atom is -0.380 e. The van der Waals surface area contributed by atoms with Gasteiger partial charge in [-0.1, -0.05) is 24.3 Å². The van der Waals surface area contributed by atoms with E-state index in [1.807, 2.05) is 0 Å². The second-order valence-electron chi connectivity index (χ2n) is 4.40. The summed E-state index contributed by atoms with van der Waals surface area (Å²) in [6, 6.07) is 9.48. The Bertz CT molecular complexity index is 319. The summed E-state index contributed by atoms with van der Waals surface area (Å²) < 4.78 is 5.09. The molecule has 16 heavy (non-hydrogen) atoms. The third-order valence-corrected chi connectivity index (χ3v) is 2.94. The topological polar surface area (TPSA) is 47.3 Å². The Balaban J connectivity index is 1.99. The Labute approximate surface area is 97.0 Å². The lowest BCUT2D eigenvalue weighted by atomic mass is 10.0. The molecule has 1 fully saturated rings. The van der Waals surface area contributed by atoms with Crippen molar-refractivity contribution in [1.82, 2.24) is 5.32 Å². The molecule has 3 heteroatoms. The standard InChI is InChI=1S/C13H20N2O/c1-16-9-10-2-4-11(5-3-10)13(8-14)15-12-6-7-12/h2-5,12-13,15H,6-9,14H2,1H3. The number of benzene rings is 1. The van der Waals surface area contributed by atoms with E-state index in [2.05, 4.69) is 29.6 Å². The molecule has 0 spiro atoms. The third kappa shape index (κ3) is 3.04. The molecule has 0 bridgehead atoms. The summed E-state index contributed by atoms with van der Waals surface area (Å²) in [6.07, 6.45) is 2.58.